The molecular formula is C27H30N4O5. The number of furan rings is 1. The molecule has 0 spiro atoms. The van der Waals surface area contributed by atoms with Gasteiger partial charge in [0.05, 0.1) is 44.5 Å². The predicted molar refractivity (Wildman–Crippen MR) is 137 cm³/mol. The summed E-state index contributed by atoms with van der Waals surface area (Å²) in [5.41, 5.74) is 3.24. The van der Waals surface area contributed by atoms with Crippen molar-refractivity contribution < 1.29 is 18.7 Å². The second kappa shape index (κ2) is 10.6. The number of ether oxygens (including phenoxy) is 2. The van der Waals surface area contributed by atoms with Gasteiger partial charge in [-0.1, -0.05) is 0 Å². The number of methoxy groups -OCH3 is 2. The van der Waals surface area contributed by atoms with E-state index in [2.05, 4.69) is 14.5 Å². The van der Waals surface area contributed by atoms with Crippen LogP contribution in [0.15, 0.2) is 51.9 Å². The highest BCUT2D eigenvalue weighted by molar-refractivity contribution is 5.92. The van der Waals surface area contributed by atoms with Crippen molar-refractivity contribution in [1.29, 1.82) is 0 Å². The van der Waals surface area contributed by atoms with E-state index in [4.69, 9.17) is 13.9 Å². The summed E-state index contributed by atoms with van der Waals surface area (Å²) in [4.78, 5) is 34.6. The summed E-state index contributed by atoms with van der Waals surface area (Å²) in [7, 11) is 3.03. The molecule has 9 heteroatoms. The maximum absolute atomic E-state index is 13.0. The molecule has 0 fully saturated rings. The number of benzene rings is 1. The summed E-state index contributed by atoms with van der Waals surface area (Å²) >= 11 is 0. The number of carbonyl (C=O) groups is 1. The quantitative estimate of drug-likeness (QED) is 0.355. The van der Waals surface area contributed by atoms with Crippen molar-refractivity contribution in [2.24, 2.45) is 0 Å². The first-order valence-corrected chi connectivity index (χ1v) is 11.7. The number of rotatable bonds is 9. The minimum atomic E-state index is -0.306. The zero-order valence-electron chi connectivity index (χ0n) is 21.1. The zero-order chi connectivity index (χ0) is 25.8. The molecule has 0 unspecified atom stereocenters. The Bertz CT molecular complexity index is 1460. The fourth-order valence-corrected chi connectivity index (χ4v) is 4.18. The van der Waals surface area contributed by atoms with E-state index in [-0.39, 0.29) is 18.0 Å². The lowest BCUT2D eigenvalue weighted by Crippen LogP contribution is -2.30. The number of likely N-dealkylation sites (N-methyl/N-ethyl adjacent to an activating group) is 1. The number of hydrogen-bond acceptors (Lipinski definition) is 6. The van der Waals surface area contributed by atoms with E-state index in [1.165, 1.54) is 14.2 Å². The van der Waals surface area contributed by atoms with E-state index in [1.807, 2.05) is 45.0 Å². The van der Waals surface area contributed by atoms with Crippen molar-refractivity contribution in [2.45, 2.75) is 33.9 Å². The number of nitrogens with one attached hydrogen (secondary N) is 1. The maximum Gasteiger partial charge on any atom is 0.258 e. The number of aromatic nitrogens is 3. The van der Waals surface area contributed by atoms with Crippen LogP contribution in [0.1, 0.15) is 35.5 Å². The minimum absolute atomic E-state index is 0.163. The Kier molecular flexibility index (Phi) is 7.28. The van der Waals surface area contributed by atoms with Crippen LogP contribution in [0.5, 0.6) is 11.5 Å². The summed E-state index contributed by atoms with van der Waals surface area (Å²) in [6.07, 6.45) is 5.03. The monoisotopic (exact) mass is 490 g/mol. The number of hydrogen-bond donors (Lipinski definition) is 1. The smallest absolute Gasteiger partial charge is 0.258 e. The van der Waals surface area contributed by atoms with Crippen LogP contribution in [-0.2, 0) is 17.9 Å². The second-order valence-corrected chi connectivity index (χ2v) is 8.41. The summed E-state index contributed by atoms with van der Waals surface area (Å²) < 4.78 is 18.2. The lowest BCUT2D eigenvalue weighted by atomic mass is 10.2. The van der Waals surface area contributed by atoms with Crippen LogP contribution in [0, 0.1) is 13.8 Å². The van der Waals surface area contributed by atoms with Gasteiger partial charge >= 0.3 is 0 Å². The average molecular weight is 491 g/mol. The lowest BCUT2D eigenvalue weighted by Gasteiger charge is -2.18. The van der Waals surface area contributed by atoms with Crippen molar-refractivity contribution in [3.05, 3.63) is 81.6 Å². The lowest BCUT2D eigenvalue weighted by molar-refractivity contribution is -0.126. The molecule has 0 bridgehead atoms. The molecule has 0 saturated heterocycles. The molecule has 4 aromatic rings. The maximum atomic E-state index is 13.0. The largest absolute Gasteiger partial charge is 0.493 e. The summed E-state index contributed by atoms with van der Waals surface area (Å²) in [5.74, 6) is 2.01. The molecule has 36 heavy (non-hydrogen) atoms. The van der Waals surface area contributed by atoms with Gasteiger partial charge in [0.15, 0.2) is 11.5 Å². The predicted octanol–water partition coefficient (Wildman–Crippen LogP) is 4.06. The summed E-state index contributed by atoms with van der Waals surface area (Å²) in [5, 5.41) is 0.385. The Morgan fingerprint density at radius 2 is 1.94 bits per heavy atom. The Morgan fingerprint density at radius 1 is 1.19 bits per heavy atom. The first-order chi connectivity index (χ1) is 17.3. The van der Waals surface area contributed by atoms with Gasteiger partial charge in [0.1, 0.15) is 11.6 Å². The van der Waals surface area contributed by atoms with Crippen molar-refractivity contribution in [3.8, 4) is 11.5 Å². The second-order valence-electron chi connectivity index (χ2n) is 8.41. The molecule has 0 saturated carbocycles. The molecule has 3 heterocycles. The van der Waals surface area contributed by atoms with E-state index in [0.29, 0.717) is 41.3 Å². The van der Waals surface area contributed by atoms with E-state index in [1.54, 1.807) is 29.4 Å². The number of nitrogens with zero attached hydrogens (tertiary/aromatic N) is 3. The fraction of sp³-hybridized carbons (Fsp3) is 0.296. The van der Waals surface area contributed by atoms with Crippen LogP contribution in [0.4, 0.5) is 0 Å². The van der Waals surface area contributed by atoms with Gasteiger partial charge in [-0.25, -0.2) is 4.98 Å². The molecule has 0 aliphatic rings. The minimum Gasteiger partial charge on any atom is -0.493 e. The number of carbonyl (C=O) groups excluding carboxylic acids is 1. The highest BCUT2D eigenvalue weighted by atomic mass is 16.5. The highest BCUT2D eigenvalue weighted by Gasteiger charge is 2.15. The third kappa shape index (κ3) is 5.05. The fourth-order valence-electron chi connectivity index (χ4n) is 4.18. The molecule has 9 nitrogen and oxygen atoms in total. The van der Waals surface area contributed by atoms with Crippen molar-refractivity contribution in [2.75, 3.05) is 20.8 Å². The number of H-pyrrole nitrogens is 1. The third-order valence-electron chi connectivity index (χ3n) is 6.21. The van der Waals surface area contributed by atoms with Gasteiger partial charge in [-0.05, 0) is 56.7 Å². The summed E-state index contributed by atoms with van der Waals surface area (Å²) in [6, 6.07) is 9.10. The first-order valence-electron chi connectivity index (χ1n) is 11.7. The highest BCUT2D eigenvalue weighted by Crippen LogP contribution is 2.30. The van der Waals surface area contributed by atoms with Crippen molar-refractivity contribution in [1.82, 2.24) is 19.4 Å². The third-order valence-corrected chi connectivity index (χ3v) is 6.21. The molecule has 1 aromatic carbocycles. The molecular weight excluding hydrogens is 460 g/mol. The van der Waals surface area contributed by atoms with Crippen LogP contribution < -0.4 is 15.0 Å². The first kappa shape index (κ1) is 24.8. The van der Waals surface area contributed by atoms with Crippen LogP contribution >= 0.6 is 0 Å². The van der Waals surface area contributed by atoms with Crippen molar-refractivity contribution in [3.63, 3.8) is 0 Å². The Balaban J connectivity index is 1.53. The standard InChI is InChI=1S/C27H30N4O5/c1-6-30(16-25-28-22-14-24(35-5)23(34-4)13-21(22)27(33)29-25)26(32)10-9-19-12-17(2)31(18(19)3)15-20-8-7-11-36-20/h7-14H,6,15-16H2,1-5H3,(H,28,29,33)/b10-9+. The van der Waals surface area contributed by atoms with Gasteiger partial charge in [-0.2, -0.15) is 0 Å². The van der Waals surface area contributed by atoms with Crippen LogP contribution in [0.2, 0.25) is 0 Å². The average Bonchev–Trinajstić information content (AvgIpc) is 3.48. The molecule has 1 amide bonds. The number of amides is 1. The Morgan fingerprint density at radius 3 is 2.61 bits per heavy atom. The summed E-state index contributed by atoms with van der Waals surface area (Å²) in [6.45, 7) is 7.18. The molecule has 1 N–H and O–H groups in total. The normalized spacial score (nSPS) is 11.4. The van der Waals surface area contributed by atoms with Gasteiger partial charge < -0.3 is 28.3 Å². The van der Waals surface area contributed by atoms with Crippen LogP contribution in [0.3, 0.4) is 0 Å². The van der Waals surface area contributed by atoms with Crippen LogP contribution in [0.25, 0.3) is 17.0 Å². The van der Waals surface area contributed by atoms with Gasteiger partial charge in [0.2, 0.25) is 5.91 Å². The van der Waals surface area contributed by atoms with Gasteiger partial charge in [0, 0.05) is 30.1 Å². The number of fused-ring (bicyclic) bond motifs is 1. The molecule has 4 rings (SSSR count). The van der Waals surface area contributed by atoms with E-state index >= 15 is 0 Å². The van der Waals surface area contributed by atoms with E-state index in [0.717, 1.165) is 22.7 Å². The SMILES string of the molecule is CCN(Cc1nc2cc(OC)c(OC)cc2c(=O)[nH]1)C(=O)/C=C/c1cc(C)n(Cc2ccco2)c1C. The topological polar surface area (TPSA) is 103 Å². The number of aryl methyl sites for hydroxylation is 1. The zero-order valence-corrected chi connectivity index (χ0v) is 21.1. The van der Waals surface area contributed by atoms with Gasteiger partial charge in [-0.3, -0.25) is 9.59 Å². The van der Waals surface area contributed by atoms with E-state index < -0.39 is 0 Å². The molecule has 188 valence electrons. The molecule has 0 aliphatic carbocycles. The molecule has 3 aromatic heterocycles. The Labute approximate surface area is 209 Å². The van der Waals surface area contributed by atoms with Crippen molar-refractivity contribution >= 4 is 22.9 Å². The molecule has 0 atom stereocenters. The van der Waals surface area contributed by atoms with Gasteiger partial charge in [-0.15, -0.1) is 0 Å². The van der Waals surface area contributed by atoms with E-state index in [9.17, 15) is 9.59 Å². The van der Waals surface area contributed by atoms with Gasteiger partial charge in [0.25, 0.3) is 5.56 Å². The number of aromatic amines is 1. The molecule has 0 aliphatic heterocycles. The molecule has 0 radical (unpaired) electrons. The van der Waals surface area contributed by atoms with Crippen LogP contribution in [-0.4, -0.2) is 46.1 Å². The Hall–Kier alpha value is -4.27.